The molecular formula is C28H31N3O10S. The number of aromatic hydroxyl groups is 1. The largest absolute Gasteiger partial charge is 0.508 e. The molecule has 0 spiro atoms. The van der Waals surface area contributed by atoms with Gasteiger partial charge in [0.2, 0.25) is 5.78 Å². The summed E-state index contributed by atoms with van der Waals surface area (Å²) in [5.41, 5.74) is 2.48. The van der Waals surface area contributed by atoms with Gasteiger partial charge in [-0.05, 0) is 70.3 Å². The highest BCUT2D eigenvalue weighted by molar-refractivity contribution is 7.91. The summed E-state index contributed by atoms with van der Waals surface area (Å²) in [4.78, 5) is 40.7. The first-order valence-electron chi connectivity index (χ1n) is 13.2. The number of hydrogen-bond donors (Lipinski definition) is 5. The Bertz CT molecular complexity index is 1720. The highest BCUT2D eigenvalue weighted by Gasteiger charge is 2.64. The van der Waals surface area contributed by atoms with E-state index in [0.29, 0.717) is 11.1 Å². The fraction of sp³-hybridized carbons (Fsp3) is 0.429. The highest BCUT2D eigenvalue weighted by Crippen LogP contribution is 2.53. The number of hydrogen-bond acceptors (Lipinski definition) is 12. The number of phenols is 1. The first kappa shape index (κ1) is 29.5. The van der Waals surface area contributed by atoms with Crippen molar-refractivity contribution < 1.29 is 47.8 Å². The van der Waals surface area contributed by atoms with Gasteiger partial charge in [0.15, 0.2) is 27.0 Å². The van der Waals surface area contributed by atoms with Gasteiger partial charge in [0.05, 0.1) is 23.1 Å². The zero-order valence-electron chi connectivity index (χ0n) is 23.3. The minimum Gasteiger partial charge on any atom is -0.508 e. The summed E-state index contributed by atoms with van der Waals surface area (Å²) in [7, 11) is -0.784. The molecule has 42 heavy (non-hydrogen) atoms. The number of aliphatic hydroxyl groups is 3. The van der Waals surface area contributed by atoms with E-state index in [4.69, 9.17) is 10.3 Å². The third-order valence-electron chi connectivity index (χ3n) is 8.62. The van der Waals surface area contributed by atoms with E-state index in [0.717, 1.165) is 0 Å². The summed E-state index contributed by atoms with van der Waals surface area (Å²) < 4.78 is 31.3. The third kappa shape index (κ3) is 4.07. The van der Waals surface area contributed by atoms with Gasteiger partial charge in [-0.15, -0.1) is 0 Å². The van der Waals surface area contributed by atoms with Crippen LogP contribution >= 0.6 is 0 Å². The van der Waals surface area contributed by atoms with Gasteiger partial charge in [-0.1, -0.05) is 11.2 Å². The van der Waals surface area contributed by atoms with Crippen LogP contribution in [0, 0.1) is 25.7 Å². The lowest BCUT2D eigenvalue weighted by atomic mass is 9.57. The lowest BCUT2D eigenvalue weighted by molar-refractivity contribution is -0.153. The Morgan fingerprint density at radius 1 is 1.19 bits per heavy atom. The van der Waals surface area contributed by atoms with Crippen molar-refractivity contribution in [1.82, 2.24) is 10.1 Å². The van der Waals surface area contributed by atoms with Crippen LogP contribution in [0.2, 0.25) is 0 Å². The van der Waals surface area contributed by atoms with E-state index < -0.39 is 67.9 Å². The number of carbonyl (C=O) groups is 3. The zero-order chi connectivity index (χ0) is 31.0. The van der Waals surface area contributed by atoms with Crippen molar-refractivity contribution in [2.45, 2.75) is 49.6 Å². The number of aryl methyl sites for hydroxylation is 3. The van der Waals surface area contributed by atoms with Crippen molar-refractivity contribution >= 4 is 33.1 Å². The van der Waals surface area contributed by atoms with E-state index in [1.54, 1.807) is 0 Å². The fourth-order valence-electron chi connectivity index (χ4n) is 6.81. The summed E-state index contributed by atoms with van der Waals surface area (Å²) >= 11 is 0. The van der Waals surface area contributed by atoms with Crippen LogP contribution in [-0.4, -0.2) is 87.9 Å². The molecule has 224 valence electrons. The van der Waals surface area contributed by atoms with Gasteiger partial charge in [-0.2, -0.15) is 0 Å². The summed E-state index contributed by atoms with van der Waals surface area (Å²) in [5, 5.41) is 48.4. The molecule has 0 bridgehead atoms. The maximum absolute atomic E-state index is 13.9. The van der Waals surface area contributed by atoms with Crippen molar-refractivity contribution in [1.29, 1.82) is 0 Å². The van der Waals surface area contributed by atoms with Gasteiger partial charge >= 0.3 is 0 Å². The van der Waals surface area contributed by atoms with Gasteiger partial charge < -0.3 is 30.7 Å². The molecule has 0 saturated heterocycles. The number of nitrogens with two attached hydrogens (primary N) is 1. The SMILES string of the molecule is Cc1noc(C)c1S(=O)(=O)CCc1ccc(O)c2c1C[C@H]1C[C@H]3[C@H](N(C)C)C(=O)C(C(N)=O)=C(O)[C@@]3(O)C(=O)C1=C2O. The van der Waals surface area contributed by atoms with Gasteiger partial charge in [-0.3, -0.25) is 19.3 Å². The minimum atomic E-state index is -3.82. The number of Topliss-reactive ketones (excluding diaryl/α,β-unsaturated/α-hetero) is 2. The number of aliphatic hydroxyl groups excluding tert-OH is 2. The number of primary amides is 1. The average molecular weight is 602 g/mol. The predicted molar refractivity (Wildman–Crippen MR) is 146 cm³/mol. The molecular weight excluding hydrogens is 570 g/mol. The number of carbonyl (C=O) groups excluding carboxylic acids is 3. The first-order chi connectivity index (χ1) is 19.5. The summed E-state index contributed by atoms with van der Waals surface area (Å²) in [5.74, 6) is -7.61. The van der Waals surface area contributed by atoms with Crippen LogP contribution in [0.25, 0.3) is 5.76 Å². The number of phenolic OH excluding ortho intramolecular Hbond substituents is 1. The van der Waals surface area contributed by atoms with Crippen molar-refractivity contribution in [2.75, 3.05) is 19.8 Å². The van der Waals surface area contributed by atoms with E-state index in [1.165, 1.54) is 45.0 Å². The number of ketones is 2. The number of benzene rings is 1. The molecule has 1 fully saturated rings. The van der Waals surface area contributed by atoms with Crippen LogP contribution in [0.3, 0.4) is 0 Å². The molecule has 14 heteroatoms. The molecule has 1 aromatic heterocycles. The van der Waals surface area contributed by atoms with E-state index in [2.05, 4.69) is 5.16 Å². The topological polar surface area (TPSA) is 222 Å². The van der Waals surface area contributed by atoms with Crippen molar-refractivity contribution in [2.24, 2.45) is 17.6 Å². The molecule has 1 heterocycles. The summed E-state index contributed by atoms with van der Waals surface area (Å²) in [6.45, 7) is 3.02. The number of rotatable bonds is 6. The third-order valence-corrected chi connectivity index (χ3v) is 10.6. The summed E-state index contributed by atoms with van der Waals surface area (Å²) in [6.07, 6.45) is -0.0160. The lowest BCUT2D eigenvalue weighted by Gasteiger charge is -2.50. The number of sulfone groups is 1. The second-order valence-corrected chi connectivity index (χ2v) is 13.3. The Kier molecular flexibility index (Phi) is 6.87. The molecule has 4 atom stereocenters. The quantitative estimate of drug-likeness (QED) is 0.287. The highest BCUT2D eigenvalue weighted by atomic mass is 32.2. The van der Waals surface area contributed by atoms with Crippen LogP contribution in [0.4, 0.5) is 0 Å². The maximum atomic E-state index is 13.9. The molecule has 0 aliphatic heterocycles. The maximum Gasteiger partial charge on any atom is 0.255 e. The van der Waals surface area contributed by atoms with Gasteiger partial charge in [-0.25, -0.2) is 8.42 Å². The summed E-state index contributed by atoms with van der Waals surface area (Å²) in [6, 6.07) is 1.60. The number of aromatic nitrogens is 1. The van der Waals surface area contributed by atoms with E-state index in [1.807, 2.05) is 0 Å². The van der Waals surface area contributed by atoms with E-state index >= 15 is 0 Å². The van der Waals surface area contributed by atoms with Crippen LogP contribution in [0.1, 0.15) is 34.6 Å². The lowest BCUT2D eigenvalue weighted by Crippen LogP contribution is -2.65. The Morgan fingerprint density at radius 2 is 1.86 bits per heavy atom. The second-order valence-electron chi connectivity index (χ2n) is 11.3. The standard InChI is InChI=1S/C28H31N3O10S/c1-11-24(12(2)41-30-11)42(39,40)8-7-13-5-6-17(32)19-15(13)9-14-10-16-21(31(3)4)23(34)20(27(29)37)26(36)28(16,38)25(35)18(14)22(19)33/h5-6,14,16,21,32-33,36,38H,7-10H2,1-4H3,(H2,29,37)/t14-,16-,21-,28-/m0/s1. The van der Waals surface area contributed by atoms with E-state index in [-0.39, 0.29) is 58.3 Å². The Labute approximate surface area is 240 Å². The molecule has 5 rings (SSSR count). The normalized spacial score (nSPS) is 25.9. The molecule has 1 aromatic carbocycles. The average Bonchev–Trinajstić information content (AvgIpc) is 3.23. The Morgan fingerprint density at radius 3 is 2.43 bits per heavy atom. The fourth-order valence-corrected chi connectivity index (χ4v) is 8.46. The molecule has 3 aliphatic rings. The van der Waals surface area contributed by atoms with E-state index in [9.17, 15) is 43.2 Å². The molecule has 6 N–H and O–H groups in total. The number of fused-ring (bicyclic) bond motifs is 3. The van der Waals surface area contributed by atoms with Crippen LogP contribution in [0.15, 0.2) is 38.5 Å². The second kappa shape index (κ2) is 9.78. The monoisotopic (exact) mass is 601 g/mol. The number of likely N-dealkylation sites (N-methyl/N-ethyl adjacent to an activating group) is 1. The van der Waals surface area contributed by atoms with Gasteiger partial charge in [0, 0.05) is 11.5 Å². The van der Waals surface area contributed by atoms with Gasteiger partial charge in [0.25, 0.3) is 5.91 Å². The zero-order valence-corrected chi connectivity index (χ0v) is 24.2. The Hall–Kier alpha value is -4.01. The molecule has 0 radical (unpaired) electrons. The van der Waals surface area contributed by atoms with Crippen LogP contribution in [-0.2, 0) is 37.1 Å². The predicted octanol–water partition coefficient (Wildman–Crippen LogP) is 0.585. The molecule has 13 nitrogen and oxygen atoms in total. The smallest absolute Gasteiger partial charge is 0.255 e. The number of nitrogens with zero attached hydrogens (tertiary/aromatic N) is 2. The van der Waals surface area contributed by atoms with Gasteiger partial charge in [0.1, 0.15) is 27.7 Å². The van der Waals surface area contributed by atoms with Crippen LogP contribution in [0.5, 0.6) is 5.75 Å². The molecule has 0 unspecified atom stereocenters. The molecule has 3 aliphatic carbocycles. The van der Waals surface area contributed by atoms with Crippen molar-refractivity contribution in [3.63, 3.8) is 0 Å². The number of amides is 1. The van der Waals surface area contributed by atoms with Crippen LogP contribution < -0.4 is 5.73 Å². The van der Waals surface area contributed by atoms with Crippen molar-refractivity contribution in [3.05, 3.63) is 57.2 Å². The van der Waals surface area contributed by atoms with Crippen molar-refractivity contribution in [3.8, 4) is 5.75 Å². The minimum absolute atomic E-state index is 0.00257. The molecule has 1 saturated carbocycles. The first-order valence-corrected chi connectivity index (χ1v) is 14.8. The Balaban J connectivity index is 1.61. The molecule has 1 amide bonds. The molecule has 2 aromatic rings.